The van der Waals surface area contributed by atoms with Crippen LogP contribution >= 0.6 is 50.1 Å². The van der Waals surface area contributed by atoms with Crippen LogP contribution in [-0.4, -0.2) is 22.3 Å². The van der Waals surface area contributed by atoms with Crippen molar-refractivity contribution in [1.82, 2.24) is 15.2 Å². The number of methoxy groups -OCH3 is 1. The van der Waals surface area contributed by atoms with Crippen LogP contribution in [0.1, 0.15) is 0 Å². The topological polar surface area (TPSA) is 50.8 Å². The van der Waals surface area contributed by atoms with E-state index in [2.05, 4.69) is 53.7 Å². The summed E-state index contributed by atoms with van der Waals surface area (Å²) in [6.45, 7) is 0. The highest BCUT2D eigenvalue weighted by atomic mass is 127. The Bertz CT molecular complexity index is 774. The van der Waals surface area contributed by atoms with E-state index < -0.39 is 0 Å². The van der Waals surface area contributed by atoms with Gasteiger partial charge in [0.1, 0.15) is 15.5 Å². The molecule has 0 aliphatic heterocycles. The van der Waals surface area contributed by atoms with Crippen LogP contribution in [0.25, 0.3) is 21.8 Å². The van der Waals surface area contributed by atoms with E-state index in [1.165, 1.54) is 0 Å². The lowest BCUT2D eigenvalue weighted by atomic mass is 10.1. The van der Waals surface area contributed by atoms with Crippen LogP contribution in [0.15, 0.2) is 16.7 Å². The van der Waals surface area contributed by atoms with E-state index in [4.69, 9.17) is 16.3 Å². The van der Waals surface area contributed by atoms with Gasteiger partial charge in [0.2, 0.25) is 0 Å². The summed E-state index contributed by atoms with van der Waals surface area (Å²) < 4.78 is 6.98. The van der Waals surface area contributed by atoms with Crippen LogP contribution in [0, 0.1) is 3.57 Å². The van der Waals surface area contributed by atoms with Crippen molar-refractivity contribution in [3.63, 3.8) is 0 Å². The van der Waals surface area contributed by atoms with Crippen molar-refractivity contribution in [2.24, 2.45) is 0 Å². The van der Waals surface area contributed by atoms with E-state index in [1.54, 1.807) is 7.11 Å². The molecule has 3 rings (SSSR count). The molecule has 18 heavy (non-hydrogen) atoms. The molecule has 0 fully saturated rings. The maximum Gasteiger partial charge on any atom is 0.141 e. The van der Waals surface area contributed by atoms with Crippen LogP contribution < -0.4 is 4.74 Å². The molecule has 0 atom stereocenters. The largest absolute Gasteiger partial charge is 0.496 e. The number of pyridine rings is 1. The third-order valence-electron chi connectivity index (χ3n) is 2.69. The van der Waals surface area contributed by atoms with Crippen molar-refractivity contribution in [2.75, 3.05) is 7.11 Å². The number of aromatic amines is 1. The molecule has 0 saturated carbocycles. The quantitative estimate of drug-likeness (QED) is 0.459. The molecule has 0 aliphatic rings. The molecular formula is C11H6BrClIN3O. The molecule has 0 amide bonds. The maximum atomic E-state index is 6.17. The number of aromatic nitrogens is 3. The minimum atomic E-state index is 0.430. The number of nitrogens with one attached hydrogen (secondary N) is 1. The molecule has 4 nitrogen and oxygen atoms in total. The second-order valence-electron chi connectivity index (χ2n) is 3.67. The Morgan fingerprint density at radius 3 is 2.94 bits per heavy atom. The van der Waals surface area contributed by atoms with Gasteiger partial charge in [0.25, 0.3) is 0 Å². The van der Waals surface area contributed by atoms with Gasteiger partial charge in [0.15, 0.2) is 0 Å². The van der Waals surface area contributed by atoms with Gasteiger partial charge in [0.05, 0.1) is 27.1 Å². The SMILES string of the molecule is COc1cc2c(cc1I)nc(Cl)c1c(Br)n[nH]c12. The zero-order valence-electron chi connectivity index (χ0n) is 9.09. The highest BCUT2D eigenvalue weighted by Gasteiger charge is 2.14. The van der Waals surface area contributed by atoms with Gasteiger partial charge in [0, 0.05) is 5.39 Å². The first-order valence-electron chi connectivity index (χ1n) is 4.98. The van der Waals surface area contributed by atoms with Crippen molar-refractivity contribution < 1.29 is 4.74 Å². The van der Waals surface area contributed by atoms with Gasteiger partial charge < -0.3 is 4.74 Å². The summed E-state index contributed by atoms with van der Waals surface area (Å²) >= 11 is 11.7. The Hall–Kier alpha value is -0.600. The van der Waals surface area contributed by atoms with E-state index in [1.807, 2.05) is 12.1 Å². The fourth-order valence-electron chi connectivity index (χ4n) is 1.86. The summed E-state index contributed by atoms with van der Waals surface area (Å²) in [6.07, 6.45) is 0. The Kier molecular flexibility index (Phi) is 3.11. The highest BCUT2D eigenvalue weighted by Crippen LogP contribution is 2.35. The molecule has 0 saturated heterocycles. The summed E-state index contributed by atoms with van der Waals surface area (Å²) in [6, 6.07) is 3.88. The number of fused-ring (bicyclic) bond motifs is 3. The van der Waals surface area contributed by atoms with Crippen LogP contribution in [-0.2, 0) is 0 Å². The molecule has 1 aromatic carbocycles. The second kappa shape index (κ2) is 4.50. The molecule has 7 heteroatoms. The Morgan fingerprint density at radius 1 is 1.44 bits per heavy atom. The van der Waals surface area contributed by atoms with E-state index in [9.17, 15) is 0 Å². The van der Waals surface area contributed by atoms with Crippen LogP contribution in [0.4, 0.5) is 0 Å². The molecule has 0 radical (unpaired) electrons. The monoisotopic (exact) mass is 437 g/mol. The van der Waals surface area contributed by atoms with Gasteiger partial charge in [-0.15, -0.1) is 0 Å². The number of rotatable bonds is 1. The second-order valence-corrected chi connectivity index (χ2v) is 5.94. The summed E-state index contributed by atoms with van der Waals surface area (Å²) in [5.41, 5.74) is 1.67. The minimum absolute atomic E-state index is 0.430. The summed E-state index contributed by atoms with van der Waals surface area (Å²) in [4.78, 5) is 4.39. The predicted octanol–water partition coefficient (Wildman–Crippen LogP) is 4.14. The van der Waals surface area contributed by atoms with Gasteiger partial charge >= 0.3 is 0 Å². The lowest BCUT2D eigenvalue weighted by molar-refractivity contribution is 0.412. The van der Waals surface area contributed by atoms with Crippen molar-refractivity contribution >= 4 is 71.9 Å². The molecule has 0 aliphatic carbocycles. The smallest absolute Gasteiger partial charge is 0.141 e. The summed E-state index contributed by atoms with van der Waals surface area (Å²) in [5.74, 6) is 0.805. The van der Waals surface area contributed by atoms with Crippen molar-refractivity contribution in [3.05, 3.63) is 25.5 Å². The summed E-state index contributed by atoms with van der Waals surface area (Å²) in [5, 5.41) is 9.22. The first-order valence-corrected chi connectivity index (χ1v) is 7.23. The lowest BCUT2D eigenvalue weighted by Crippen LogP contribution is -1.90. The van der Waals surface area contributed by atoms with Gasteiger partial charge in [-0.05, 0) is 50.7 Å². The number of ether oxygens (including phenoxy) is 1. The lowest BCUT2D eigenvalue weighted by Gasteiger charge is -2.06. The molecule has 2 aromatic heterocycles. The number of H-pyrrole nitrogens is 1. The Morgan fingerprint density at radius 2 is 2.22 bits per heavy atom. The van der Waals surface area contributed by atoms with Crippen LogP contribution in [0.5, 0.6) is 5.75 Å². The molecular weight excluding hydrogens is 432 g/mol. The zero-order chi connectivity index (χ0) is 12.9. The first kappa shape index (κ1) is 12.4. The van der Waals surface area contributed by atoms with Gasteiger partial charge in [-0.25, -0.2) is 4.98 Å². The number of nitrogens with zero attached hydrogens (tertiary/aromatic N) is 2. The molecule has 92 valence electrons. The molecule has 1 N–H and O–H groups in total. The third kappa shape index (κ3) is 1.78. The first-order chi connectivity index (χ1) is 8.61. The van der Waals surface area contributed by atoms with E-state index in [-0.39, 0.29) is 0 Å². The maximum absolute atomic E-state index is 6.17. The molecule has 3 aromatic rings. The van der Waals surface area contributed by atoms with Crippen molar-refractivity contribution in [2.45, 2.75) is 0 Å². The number of halogens is 3. The Balaban J connectivity index is 2.52. The fraction of sp³-hybridized carbons (Fsp3) is 0.0909. The zero-order valence-corrected chi connectivity index (χ0v) is 13.6. The fourth-order valence-corrected chi connectivity index (χ4v) is 3.39. The Labute approximate surface area is 129 Å². The number of hydrogen-bond acceptors (Lipinski definition) is 3. The number of benzene rings is 1. The minimum Gasteiger partial charge on any atom is -0.496 e. The predicted molar refractivity (Wildman–Crippen MR) is 83.4 cm³/mol. The molecule has 0 bridgehead atoms. The molecule has 0 unspecified atom stereocenters. The van der Waals surface area contributed by atoms with E-state index in [0.29, 0.717) is 9.76 Å². The standard InChI is InChI=1S/C11H6BrClIN3O/c1-18-7-2-4-6(3-5(7)14)15-11(13)8-9(4)16-17-10(8)12/h2-3H,1H3,(H,16,17). The van der Waals surface area contributed by atoms with E-state index in [0.717, 1.165) is 31.1 Å². The van der Waals surface area contributed by atoms with Gasteiger partial charge in [-0.1, -0.05) is 11.6 Å². The molecule has 2 heterocycles. The van der Waals surface area contributed by atoms with Crippen LogP contribution in [0.2, 0.25) is 5.15 Å². The normalized spacial score (nSPS) is 11.3. The van der Waals surface area contributed by atoms with Crippen molar-refractivity contribution in [3.8, 4) is 5.75 Å². The van der Waals surface area contributed by atoms with Gasteiger partial charge in [-0.2, -0.15) is 5.10 Å². The molecule has 0 spiro atoms. The van der Waals surface area contributed by atoms with Crippen LogP contribution in [0.3, 0.4) is 0 Å². The highest BCUT2D eigenvalue weighted by molar-refractivity contribution is 14.1. The van der Waals surface area contributed by atoms with Crippen molar-refractivity contribution in [1.29, 1.82) is 0 Å². The van der Waals surface area contributed by atoms with E-state index >= 15 is 0 Å². The average molecular weight is 438 g/mol. The van der Waals surface area contributed by atoms with Gasteiger partial charge in [-0.3, -0.25) is 5.10 Å². The average Bonchev–Trinajstić information content (AvgIpc) is 2.72. The third-order valence-corrected chi connectivity index (χ3v) is 4.38. The summed E-state index contributed by atoms with van der Waals surface area (Å²) in [7, 11) is 1.65. The number of hydrogen-bond donors (Lipinski definition) is 1.